The van der Waals surface area contributed by atoms with Crippen molar-refractivity contribution in [2.45, 2.75) is 19.4 Å². The molecule has 1 saturated heterocycles. The molecule has 0 aliphatic carbocycles. The van der Waals surface area contributed by atoms with E-state index in [9.17, 15) is 0 Å². The highest BCUT2D eigenvalue weighted by molar-refractivity contribution is 5.59. The molecular weight excluding hydrogens is 278 g/mol. The van der Waals surface area contributed by atoms with Crippen LogP contribution in [-0.4, -0.2) is 73.4 Å². The summed E-state index contributed by atoms with van der Waals surface area (Å²) in [5.41, 5.74) is 2.49. The van der Waals surface area contributed by atoms with Gasteiger partial charge >= 0.3 is 0 Å². The van der Waals surface area contributed by atoms with Crippen molar-refractivity contribution in [3.05, 3.63) is 23.8 Å². The molecule has 2 heterocycles. The van der Waals surface area contributed by atoms with Gasteiger partial charge in [-0.25, -0.2) is 0 Å². The highest BCUT2D eigenvalue weighted by Gasteiger charge is 2.17. The van der Waals surface area contributed by atoms with Crippen LogP contribution in [0.4, 0.5) is 5.69 Å². The largest absolute Gasteiger partial charge is 0.487 e. The average molecular weight is 305 g/mol. The first-order valence-corrected chi connectivity index (χ1v) is 8.33. The fourth-order valence-corrected chi connectivity index (χ4v) is 3.15. The molecule has 0 radical (unpaired) electrons. The molecule has 5 heteroatoms. The lowest BCUT2D eigenvalue weighted by molar-refractivity contribution is 0.113. The molecular formula is C17H27N3O2. The molecule has 0 aromatic heterocycles. The Balaban J connectivity index is 1.48. The van der Waals surface area contributed by atoms with E-state index in [2.05, 4.69) is 40.2 Å². The maximum atomic E-state index is 8.98. The third kappa shape index (κ3) is 3.91. The second-order valence-corrected chi connectivity index (χ2v) is 6.30. The molecule has 2 aliphatic heterocycles. The lowest BCUT2D eigenvalue weighted by atomic mass is 10.1. The number of fused-ring (bicyclic) bond motifs is 1. The fourth-order valence-electron chi connectivity index (χ4n) is 3.15. The minimum atomic E-state index is 0.244. The molecule has 2 N–H and O–H groups in total. The molecule has 3 rings (SSSR count). The first-order chi connectivity index (χ1) is 10.7. The van der Waals surface area contributed by atoms with E-state index < -0.39 is 0 Å². The molecule has 0 bridgehead atoms. The SMILES string of the molecule is CC1CNc2cc(CCN3CCN(CCO)CC3)ccc2O1. The molecule has 1 fully saturated rings. The van der Waals surface area contributed by atoms with Crippen LogP contribution < -0.4 is 10.1 Å². The van der Waals surface area contributed by atoms with Gasteiger partial charge in [0.15, 0.2) is 0 Å². The molecule has 0 saturated carbocycles. The van der Waals surface area contributed by atoms with Gasteiger partial charge in [0, 0.05) is 39.3 Å². The molecule has 1 atom stereocenters. The van der Waals surface area contributed by atoms with Crippen LogP contribution in [-0.2, 0) is 6.42 Å². The van der Waals surface area contributed by atoms with E-state index in [4.69, 9.17) is 9.84 Å². The molecule has 5 nitrogen and oxygen atoms in total. The second kappa shape index (κ2) is 7.31. The number of hydrogen-bond acceptors (Lipinski definition) is 5. The van der Waals surface area contributed by atoms with Gasteiger partial charge < -0.3 is 20.1 Å². The lowest BCUT2D eigenvalue weighted by Crippen LogP contribution is -2.47. The number of nitrogens with one attached hydrogen (secondary N) is 1. The van der Waals surface area contributed by atoms with Crippen molar-refractivity contribution in [2.24, 2.45) is 0 Å². The smallest absolute Gasteiger partial charge is 0.142 e. The monoisotopic (exact) mass is 305 g/mol. The number of anilines is 1. The number of β-amino-alcohol motifs (C(OH)–C–C–N with tert-alkyl or cyclic N) is 1. The Kier molecular flexibility index (Phi) is 5.18. The van der Waals surface area contributed by atoms with Crippen LogP contribution in [0.25, 0.3) is 0 Å². The molecule has 0 amide bonds. The minimum Gasteiger partial charge on any atom is -0.487 e. The number of aliphatic hydroxyl groups is 1. The van der Waals surface area contributed by atoms with Crippen molar-refractivity contribution < 1.29 is 9.84 Å². The number of ether oxygens (including phenoxy) is 1. The van der Waals surface area contributed by atoms with Crippen molar-refractivity contribution in [2.75, 3.05) is 57.7 Å². The summed E-state index contributed by atoms with van der Waals surface area (Å²) in [7, 11) is 0. The maximum Gasteiger partial charge on any atom is 0.142 e. The Hall–Kier alpha value is -1.30. The Morgan fingerprint density at radius 2 is 1.91 bits per heavy atom. The zero-order valence-corrected chi connectivity index (χ0v) is 13.4. The van der Waals surface area contributed by atoms with Crippen molar-refractivity contribution in [3.63, 3.8) is 0 Å². The van der Waals surface area contributed by atoms with E-state index in [0.717, 1.165) is 63.7 Å². The van der Waals surface area contributed by atoms with Gasteiger partial charge in [-0.1, -0.05) is 6.07 Å². The van der Waals surface area contributed by atoms with Gasteiger partial charge in [0.05, 0.1) is 18.8 Å². The first-order valence-electron chi connectivity index (χ1n) is 8.33. The van der Waals surface area contributed by atoms with Crippen LogP contribution in [0.15, 0.2) is 18.2 Å². The fraction of sp³-hybridized carbons (Fsp3) is 0.647. The summed E-state index contributed by atoms with van der Waals surface area (Å²) in [5.74, 6) is 0.972. The zero-order chi connectivity index (χ0) is 15.4. The molecule has 22 heavy (non-hydrogen) atoms. The molecule has 122 valence electrons. The molecule has 1 aromatic rings. The highest BCUT2D eigenvalue weighted by Crippen LogP contribution is 2.30. The van der Waals surface area contributed by atoms with Gasteiger partial charge in [0.2, 0.25) is 0 Å². The maximum absolute atomic E-state index is 8.98. The summed E-state index contributed by atoms with van der Waals surface area (Å²) in [5, 5.41) is 12.4. The van der Waals surface area contributed by atoms with E-state index in [-0.39, 0.29) is 12.7 Å². The summed E-state index contributed by atoms with van der Waals surface area (Å²) < 4.78 is 5.82. The van der Waals surface area contributed by atoms with Crippen LogP contribution in [0.2, 0.25) is 0 Å². The van der Waals surface area contributed by atoms with Crippen molar-refractivity contribution >= 4 is 5.69 Å². The van der Waals surface area contributed by atoms with Gasteiger partial charge in [-0.3, -0.25) is 4.90 Å². The van der Waals surface area contributed by atoms with Gasteiger partial charge in [-0.05, 0) is 31.0 Å². The summed E-state index contributed by atoms with van der Waals surface area (Å²) in [6, 6.07) is 6.50. The van der Waals surface area contributed by atoms with Crippen LogP contribution >= 0.6 is 0 Å². The highest BCUT2D eigenvalue weighted by atomic mass is 16.5. The molecule has 2 aliphatic rings. The van der Waals surface area contributed by atoms with Gasteiger partial charge in [-0.15, -0.1) is 0 Å². The van der Waals surface area contributed by atoms with E-state index in [0.29, 0.717) is 0 Å². The van der Waals surface area contributed by atoms with Crippen LogP contribution in [0, 0.1) is 0 Å². The van der Waals surface area contributed by atoms with Gasteiger partial charge in [-0.2, -0.15) is 0 Å². The standard InChI is InChI=1S/C17H27N3O2/c1-14-13-18-16-12-15(2-3-17(16)22-14)4-5-19-6-8-20(9-7-19)10-11-21/h2-3,12,14,18,21H,4-11,13H2,1H3. The Bertz CT molecular complexity index is 487. The van der Waals surface area contributed by atoms with E-state index in [1.807, 2.05) is 0 Å². The molecule has 1 aromatic carbocycles. The third-order valence-electron chi connectivity index (χ3n) is 4.55. The predicted octanol–water partition coefficient (Wildman–Crippen LogP) is 1.03. The Morgan fingerprint density at radius 1 is 1.18 bits per heavy atom. The summed E-state index contributed by atoms with van der Waals surface area (Å²) in [6.45, 7) is 9.47. The van der Waals surface area contributed by atoms with Crippen LogP contribution in [0.1, 0.15) is 12.5 Å². The topological polar surface area (TPSA) is 48.0 Å². The van der Waals surface area contributed by atoms with E-state index >= 15 is 0 Å². The number of aliphatic hydroxyl groups excluding tert-OH is 1. The molecule has 0 spiro atoms. The van der Waals surface area contributed by atoms with Gasteiger partial charge in [0.1, 0.15) is 11.9 Å². The lowest BCUT2D eigenvalue weighted by Gasteiger charge is -2.34. The van der Waals surface area contributed by atoms with E-state index in [1.54, 1.807) is 0 Å². The minimum absolute atomic E-state index is 0.244. The van der Waals surface area contributed by atoms with Crippen molar-refractivity contribution in [1.29, 1.82) is 0 Å². The number of benzene rings is 1. The van der Waals surface area contributed by atoms with Crippen LogP contribution in [0.5, 0.6) is 5.75 Å². The summed E-state index contributed by atoms with van der Waals surface area (Å²) in [6.07, 6.45) is 1.32. The number of hydrogen-bond donors (Lipinski definition) is 2. The van der Waals surface area contributed by atoms with E-state index in [1.165, 1.54) is 5.56 Å². The number of nitrogens with zero attached hydrogens (tertiary/aromatic N) is 2. The first kappa shape index (κ1) is 15.6. The second-order valence-electron chi connectivity index (χ2n) is 6.30. The quantitative estimate of drug-likeness (QED) is 0.851. The van der Waals surface area contributed by atoms with Crippen LogP contribution in [0.3, 0.4) is 0 Å². The normalized spacial score (nSPS) is 22.7. The number of piperazine rings is 1. The van der Waals surface area contributed by atoms with Crippen molar-refractivity contribution in [1.82, 2.24) is 9.80 Å². The Labute approximate surface area is 132 Å². The molecule has 1 unspecified atom stereocenters. The third-order valence-corrected chi connectivity index (χ3v) is 4.55. The zero-order valence-electron chi connectivity index (χ0n) is 13.4. The predicted molar refractivity (Wildman–Crippen MR) is 88.7 cm³/mol. The van der Waals surface area contributed by atoms with Crippen molar-refractivity contribution in [3.8, 4) is 5.75 Å². The average Bonchev–Trinajstić information content (AvgIpc) is 2.54. The number of rotatable bonds is 5. The van der Waals surface area contributed by atoms with Gasteiger partial charge in [0.25, 0.3) is 0 Å². The summed E-state index contributed by atoms with van der Waals surface area (Å²) in [4.78, 5) is 4.84. The Morgan fingerprint density at radius 3 is 2.64 bits per heavy atom. The summed E-state index contributed by atoms with van der Waals surface area (Å²) >= 11 is 0.